The topological polar surface area (TPSA) is 49.7 Å². The van der Waals surface area contributed by atoms with Crippen molar-refractivity contribution < 1.29 is 14.9 Å². The van der Waals surface area contributed by atoms with Crippen molar-refractivity contribution in [2.75, 3.05) is 0 Å². The van der Waals surface area contributed by atoms with Crippen LogP contribution in [0.5, 0.6) is 11.5 Å². The maximum atomic E-state index is 11.6. The molecule has 0 aromatic heterocycles. The van der Waals surface area contributed by atoms with Gasteiger partial charge in [-0.05, 0) is 80.4 Å². The third-order valence-electron chi connectivity index (χ3n) is 8.18. The molecule has 5 atom stereocenters. The molecule has 3 nitrogen and oxygen atoms in total. The van der Waals surface area contributed by atoms with Gasteiger partial charge in [0.05, 0.1) is 11.7 Å². The predicted octanol–water partition coefficient (Wildman–Crippen LogP) is 5.52. The number of aliphatic hydroxyl groups is 1. The molecule has 0 spiro atoms. The number of rotatable bonds is 1. The summed E-state index contributed by atoms with van der Waals surface area (Å²) in [6.45, 7) is 11.3. The van der Waals surface area contributed by atoms with E-state index in [-0.39, 0.29) is 22.7 Å². The second kappa shape index (κ2) is 5.64. The average Bonchev–Trinajstić information content (AvgIpc) is 2.52. The lowest BCUT2D eigenvalue weighted by molar-refractivity contribution is -0.210. The molecule has 144 valence electrons. The highest BCUT2D eigenvalue weighted by Crippen LogP contribution is 2.68. The first kappa shape index (κ1) is 18.2. The molecular formula is C23H34O3. The lowest BCUT2D eigenvalue weighted by Crippen LogP contribution is -2.63. The van der Waals surface area contributed by atoms with Crippen molar-refractivity contribution in [1.29, 1.82) is 0 Å². The summed E-state index contributed by atoms with van der Waals surface area (Å²) in [6, 6.07) is 3.72. The predicted molar refractivity (Wildman–Crippen MR) is 103 cm³/mol. The van der Waals surface area contributed by atoms with Gasteiger partial charge >= 0.3 is 0 Å². The van der Waals surface area contributed by atoms with Gasteiger partial charge in [-0.25, -0.2) is 0 Å². The van der Waals surface area contributed by atoms with Crippen molar-refractivity contribution in [3.63, 3.8) is 0 Å². The number of benzene rings is 1. The molecule has 26 heavy (non-hydrogen) atoms. The SMILES string of the molecule is CC[C@@]12CCCC(C)(C)[C@@H]1CC[C@]1(C)Oc3cc(C)cc(O)c3[C@@H](O)[C@H]21. The van der Waals surface area contributed by atoms with Gasteiger partial charge in [0, 0.05) is 5.92 Å². The molecule has 3 heteroatoms. The summed E-state index contributed by atoms with van der Waals surface area (Å²) in [5, 5.41) is 22.2. The number of hydrogen-bond acceptors (Lipinski definition) is 3. The van der Waals surface area contributed by atoms with Gasteiger partial charge in [0.1, 0.15) is 17.1 Å². The molecule has 3 aliphatic rings. The van der Waals surface area contributed by atoms with Crippen LogP contribution in [0.25, 0.3) is 0 Å². The fraction of sp³-hybridized carbons (Fsp3) is 0.739. The Bertz CT molecular complexity index is 724. The smallest absolute Gasteiger partial charge is 0.129 e. The molecule has 2 aliphatic carbocycles. The third kappa shape index (κ3) is 2.28. The molecular weight excluding hydrogens is 324 g/mol. The van der Waals surface area contributed by atoms with Crippen molar-refractivity contribution in [3.8, 4) is 11.5 Å². The highest BCUT2D eigenvalue weighted by Gasteiger charge is 2.64. The Labute approximate surface area is 157 Å². The van der Waals surface area contributed by atoms with Gasteiger partial charge in [0.25, 0.3) is 0 Å². The summed E-state index contributed by atoms with van der Waals surface area (Å²) in [4.78, 5) is 0. The van der Waals surface area contributed by atoms with Gasteiger partial charge < -0.3 is 14.9 Å². The van der Waals surface area contributed by atoms with Crippen LogP contribution in [0.2, 0.25) is 0 Å². The summed E-state index contributed by atoms with van der Waals surface area (Å²) < 4.78 is 6.58. The Kier molecular flexibility index (Phi) is 3.94. The van der Waals surface area contributed by atoms with Crippen LogP contribution in [-0.2, 0) is 0 Å². The lowest BCUT2D eigenvalue weighted by atomic mass is 9.42. The zero-order valence-corrected chi connectivity index (χ0v) is 16.9. The highest BCUT2D eigenvalue weighted by molar-refractivity contribution is 5.51. The number of aliphatic hydroxyl groups excluding tert-OH is 1. The van der Waals surface area contributed by atoms with E-state index >= 15 is 0 Å². The van der Waals surface area contributed by atoms with Gasteiger partial charge in [-0.2, -0.15) is 0 Å². The monoisotopic (exact) mass is 358 g/mol. The summed E-state index contributed by atoms with van der Waals surface area (Å²) in [5.41, 5.74) is 1.57. The van der Waals surface area contributed by atoms with Crippen LogP contribution in [-0.4, -0.2) is 15.8 Å². The Balaban J connectivity index is 1.88. The van der Waals surface area contributed by atoms with Crippen molar-refractivity contribution >= 4 is 0 Å². The Hall–Kier alpha value is -1.22. The van der Waals surface area contributed by atoms with E-state index in [2.05, 4.69) is 27.7 Å². The van der Waals surface area contributed by atoms with Crippen LogP contribution in [0.15, 0.2) is 12.1 Å². The number of aryl methyl sites for hydroxylation is 1. The molecule has 1 heterocycles. The second-order valence-electron chi connectivity index (χ2n) is 10.1. The minimum atomic E-state index is -0.666. The van der Waals surface area contributed by atoms with E-state index in [9.17, 15) is 10.2 Å². The zero-order chi connectivity index (χ0) is 18.9. The molecule has 4 rings (SSSR count). The van der Waals surface area contributed by atoms with Gasteiger partial charge in [-0.1, -0.05) is 27.2 Å². The number of phenols is 1. The van der Waals surface area contributed by atoms with Crippen molar-refractivity contribution in [1.82, 2.24) is 0 Å². The molecule has 0 bridgehead atoms. The first-order valence-electron chi connectivity index (χ1n) is 10.4. The first-order valence-corrected chi connectivity index (χ1v) is 10.4. The van der Waals surface area contributed by atoms with E-state index < -0.39 is 6.10 Å². The van der Waals surface area contributed by atoms with E-state index in [0.29, 0.717) is 22.6 Å². The van der Waals surface area contributed by atoms with E-state index in [1.54, 1.807) is 6.07 Å². The molecule has 2 fully saturated rings. The van der Waals surface area contributed by atoms with E-state index in [1.165, 1.54) is 12.8 Å². The molecule has 0 saturated heterocycles. The third-order valence-corrected chi connectivity index (χ3v) is 8.18. The number of phenolic OH excluding ortho intramolecular Hbond substituents is 1. The maximum absolute atomic E-state index is 11.6. The largest absolute Gasteiger partial charge is 0.507 e. The number of aromatic hydroxyl groups is 1. The van der Waals surface area contributed by atoms with Crippen LogP contribution in [0.3, 0.4) is 0 Å². The van der Waals surface area contributed by atoms with Crippen molar-refractivity contribution in [3.05, 3.63) is 23.3 Å². The number of hydrogen-bond donors (Lipinski definition) is 2. The molecule has 1 aromatic rings. The van der Waals surface area contributed by atoms with Gasteiger partial charge in [0.2, 0.25) is 0 Å². The standard InChI is InChI=1S/C23H34O3/c1-6-23-10-7-9-21(3,4)17(23)8-11-22(5)20(23)19(25)18-15(24)12-14(2)13-16(18)26-22/h12-13,17,19-20,24-25H,6-11H2,1-5H3/t17-,19+,20-,22-,23+/m0/s1. The molecule has 1 aromatic carbocycles. The van der Waals surface area contributed by atoms with Gasteiger partial charge in [-0.15, -0.1) is 0 Å². The van der Waals surface area contributed by atoms with Crippen LogP contribution in [0.1, 0.15) is 83.5 Å². The Morgan fingerprint density at radius 2 is 1.88 bits per heavy atom. The summed E-state index contributed by atoms with van der Waals surface area (Å²) in [6.07, 6.45) is 6.15. The average molecular weight is 359 g/mol. The van der Waals surface area contributed by atoms with Crippen LogP contribution < -0.4 is 4.74 Å². The molecule has 2 saturated carbocycles. The fourth-order valence-corrected chi connectivity index (χ4v) is 7.20. The summed E-state index contributed by atoms with van der Waals surface area (Å²) >= 11 is 0. The maximum Gasteiger partial charge on any atom is 0.129 e. The first-order chi connectivity index (χ1) is 12.1. The minimum Gasteiger partial charge on any atom is -0.507 e. The van der Waals surface area contributed by atoms with Crippen molar-refractivity contribution in [2.45, 2.75) is 84.8 Å². The number of fused-ring (bicyclic) bond motifs is 4. The van der Waals surface area contributed by atoms with Gasteiger partial charge in [-0.3, -0.25) is 0 Å². The highest BCUT2D eigenvalue weighted by atomic mass is 16.5. The second-order valence-corrected chi connectivity index (χ2v) is 10.1. The van der Waals surface area contributed by atoms with Crippen molar-refractivity contribution in [2.24, 2.45) is 22.7 Å². The molecule has 0 unspecified atom stereocenters. The van der Waals surface area contributed by atoms with E-state index in [0.717, 1.165) is 31.2 Å². The van der Waals surface area contributed by atoms with E-state index in [4.69, 9.17) is 4.74 Å². The molecule has 2 N–H and O–H groups in total. The number of ether oxygens (including phenoxy) is 1. The Morgan fingerprint density at radius 1 is 1.15 bits per heavy atom. The quantitative estimate of drug-likeness (QED) is 0.695. The Morgan fingerprint density at radius 3 is 2.58 bits per heavy atom. The fourth-order valence-electron chi connectivity index (χ4n) is 7.20. The van der Waals surface area contributed by atoms with E-state index in [1.807, 2.05) is 13.0 Å². The normalized spacial score (nSPS) is 40.8. The van der Waals surface area contributed by atoms with Crippen LogP contribution in [0, 0.1) is 29.6 Å². The lowest BCUT2D eigenvalue weighted by Gasteiger charge is -2.65. The van der Waals surface area contributed by atoms with Crippen LogP contribution >= 0.6 is 0 Å². The molecule has 0 radical (unpaired) electrons. The minimum absolute atomic E-state index is 0.0273. The summed E-state index contributed by atoms with van der Waals surface area (Å²) in [5.74, 6) is 1.48. The summed E-state index contributed by atoms with van der Waals surface area (Å²) in [7, 11) is 0. The molecule has 0 amide bonds. The van der Waals surface area contributed by atoms with Gasteiger partial charge in [0.15, 0.2) is 0 Å². The zero-order valence-electron chi connectivity index (χ0n) is 16.9. The van der Waals surface area contributed by atoms with Crippen LogP contribution in [0.4, 0.5) is 0 Å². The molecule has 1 aliphatic heterocycles.